The topological polar surface area (TPSA) is 43.1 Å². The maximum absolute atomic E-state index is 13.0. The molecule has 26 heavy (non-hydrogen) atoms. The first-order valence-corrected chi connectivity index (χ1v) is 8.74. The number of hydrogen-bond acceptors (Lipinski definition) is 3. The maximum atomic E-state index is 13.0. The summed E-state index contributed by atoms with van der Waals surface area (Å²) in [6, 6.07) is 17.7. The third kappa shape index (κ3) is 3.12. The van der Waals surface area contributed by atoms with Gasteiger partial charge in [0.25, 0.3) is 0 Å². The van der Waals surface area contributed by atoms with Crippen molar-refractivity contribution in [2.24, 2.45) is 0 Å². The average Bonchev–Trinajstić information content (AvgIpc) is 3.05. The van der Waals surface area contributed by atoms with Crippen LogP contribution in [0.1, 0.15) is 21.5 Å². The Morgan fingerprint density at radius 3 is 2.42 bits per heavy atom. The Bertz CT molecular complexity index is 1130. The smallest absolute Gasteiger partial charge is 0.228 e. The summed E-state index contributed by atoms with van der Waals surface area (Å²) in [7, 11) is 0. The number of fused-ring (bicyclic) bond motifs is 1. The van der Waals surface area contributed by atoms with Crippen LogP contribution >= 0.6 is 23.2 Å². The minimum Gasteiger partial charge on any atom is -0.436 e. The van der Waals surface area contributed by atoms with Gasteiger partial charge in [0.1, 0.15) is 5.52 Å². The molecule has 0 unspecified atom stereocenters. The number of carbonyl (C=O) groups is 1. The zero-order chi connectivity index (χ0) is 18.3. The summed E-state index contributed by atoms with van der Waals surface area (Å²) in [5.41, 5.74) is 4.01. The second-order valence-electron chi connectivity index (χ2n) is 6.02. The van der Waals surface area contributed by atoms with Crippen LogP contribution in [0.15, 0.2) is 65.1 Å². The highest BCUT2D eigenvalue weighted by atomic mass is 35.5. The summed E-state index contributed by atoms with van der Waals surface area (Å²) < 4.78 is 5.87. The summed E-state index contributed by atoms with van der Waals surface area (Å²) in [6.45, 7) is 1.96. The predicted molar refractivity (Wildman–Crippen MR) is 104 cm³/mol. The lowest BCUT2D eigenvalue weighted by Crippen LogP contribution is -2.04. The van der Waals surface area contributed by atoms with E-state index in [1.54, 1.807) is 48.5 Å². The monoisotopic (exact) mass is 381 g/mol. The first-order chi connectivity index (χ1) is 12.5. The van der Waals surface area contributed by atoms with E-state index in [4.69, 9.17) is 27.6 Å². The normalized spacial score (nSPS) is 11.0. The third-order valence-electron chi connectivity index (χ3n) is 4.11. The Kier molecular flexibility index (Phi) is 4.27. The van der Waals surface area contributed by atoms with Crippen molar-refractivity contribution >= 4 is 40.1 Å². The molecular formula is C21H13Cl2NO2. The molecule has 0 radical (unpaired) electrons. The molecule has 0 fully saturated rings. The summed E-state index contributed by atoms with van der Waals surface area (Å²) >= 11 is 11.9. The largest absolute Gasteiger partial charge is 0.436 e. The van der Waals surface area contributed by atoms with Crippen LogP contribution in [0.5, 0.6) is 0 Å². The molecule has 5 heteroatoms. The van der Waals surface area contributed by atoms with Crippen LogP contribution in [0, 0.1) is 6.92 Å². The second kappa shape index (κ2) is 6.60. The zero-order valence-electron chi connectivity index (χ0n) is 13.8. The van der Waals surface area contributed by atoms with Gasteiger partial charge in [-0.2, -0.15) is 0 Å². The van der Waals surface area contributed by atoms with Crippen molar-refractivity contribution in [2.45, 2.75) is 6.92 Å². The van der Waals surface area contributed by atoms with Crippen molar-refractivity contribution in [3.63, 3.8) is 0 Å². The van der Waals surface area contributed by atoms with Gasteiger partial charge in [0, 0.05) is 26.7 Å². The number of aromatic nitrogens is 1. The Hall–Kier alpha value is -2.62. The first kappa shape index (κ1) is 16.8. The lowest BCUT2D eigenvalue weighted by molar-refractivity contribution is 0.103. The lowest BCUT2D eigenvalue weighted by atomic mass is 9.96. The van der Waals surface area contributed by atoms with E-state index < -0.39 is 0 Å². The zero-order valence-corrected chi connectivity index (χ0v) is 15.3. The third-order valence-corrected chi connectivity index (χ3v) is 4.59. The number of hydrogen-bond donors (Lipinski definition) is 0. The van der Waals surface area contributed by atoms with Crippen LogP contribution in [-0.2, 0) is 0 Å². The van der Waals surface area contributed by atoms with Crippen LogP contribution in [-0.4, -0.2) is 10.8 Å². The lowest BCUT2D eigenvalue weighted by Gasteiger charge is -2.07. The van der Waals surface area contributed by atoms with Gasteiger partial charge in [-0.3, -0.25) is 4.79 Å². The quantitative estimate of drug-likeness (QED) is 0.388. The SMILES string of the molecule is Cc1ccc(C(=O)c2ccc(Cl)cc2)c(-c2nc3cc(Cl)ccc3o2)c1. The van der Waals surface area contributed by atoms with Crippen molar-refractivity contribution in [1.29, 1.82) is 0 Å². The van der Waals surface area contributed by atoms with Gasteiger partial charge in [0.05, 0.1) is 0 Å². The van der Waals surface area contributed by atoms with Gasteiger partial charge in [-0.05, 0) is 61.5 Å². The van der Waals surface area contributed by atoms with E-state index in [9.17, 15) is 4.79 Å². The maximum Gasteiger partial charge on any atom is 0.228 e. The molecule has 0 bridgehead atoms. The van der Waals surface area contributed by atoms with Crippen LogP contribution in [0.3, 0.4) is 0 Å². The van der Waals surface area contributed by atoms with E-state index in [0.717, 1.165) is 5.56 Å². The van der Waals surface area contributed by atoms with Gasteiger partial charge in [-0.1, -0.05) is 34.8 Å². The van der Waals surface area contributed by atoms with Gasteiger partial charge < -0.3 is 4.42 Å². The number of aryl methyl sites for hydroxylation is 1. The number of carbonyl (C=O) groups excluding carboxylic acids is 1. The van der Waals surface area contributed by atoms with E-state index >= 15 is 0 Å². The Balaban J connectivity index is 1.86. The molecule has 4 aromatic rings. The average molecular weight is 382 g/mol. The highest BCUT2D eigenvalue weighted by molar-refractivity contribution is 6.31. The number of ketones is 1. The number of rotatable bonds is 3. The van der Waals surface area contributed by atoms with Crippen LogP contribution in [0.2, 0.25) is 10.0 Å². The fraction of sp³-hybridized carbons (Fsp3) is 0.0476. The van der Waals surface area contributed by atoms with Crippen molar-refractivity contribution < 1.29 is 9.21 Å². The molecule has 1 heterocycles. The molecule has 0 aliphatic carbocycles. The van der Waals surface area contributed by atoms with Crippen molar-refractivity contribution in [3.8, 4) is 11.5 Å². The molecule has 0 spiro atoms. The fourth-order valence-electron chi connectivity index (χ4n) is 2.81. The van der Waals surface area contributed by atoms with Crippen LogP contribution in [0.25, 0.3) is 22.6 Å². The standard InChI is InChI=1S/C21H13Cl2NO2/c1-12-2-8-16(20(25)13-3-5-14(22)6-4-13)17(10-12)21-24-18-11-15(23)7-9-19(18)26-21/h2-11H,1H3. The molecule has 0 amide bonds. The summed E-state index contributed by atoms with van der Waals surface area (Å²) in [6.07, 6.45) is 0. The fourth-order valence-corrected chi connectivity index (χ4v) is 3.10. The molecule has 0 saturated carbocycles. The molecule has 128 valence electrons. The highest BCUT2D eigenvalue weighted by Crippen LogP contribution is 2.30. The van der Waals surface area contributed by atoms with Gasteiger partial charge in [-0.15, -0.1) is 0 Å². The minimum absolute atomic E-state index is 0.114. The summed E-state index contributed by atoms with van der Waals surface area (Å²) in [5.74, 6) is 0.278. The first-order valence-electron chi connectivity index (χ1n) is 7.98. The van der Waals surface area contributed by atoms with E-state index in [2.05, 4.69) is 4.98 Å². The molecule has 0 saturated heterocycles. The van der Waals surface area contributed by atoms with Gasteiger partial charge in [-0.25, -0.2) is 4.98 Å². The molecule has 0 atom stereocenters. The molecule has 3 nitrogen and oxygen atoms in total. The molecule has 0 aliphatic heterocycles. The predicted octanol–water partition coefficient (Wildman–Crippen LogP) is 6.34. The van der Waals surface area contributed by atoms with Crippen molar-refractivity contribution in [3.05, 3.63) is 87.4 Å². The van der Waals surface area contributed by atoms with Gasteiger partial charge in [0.2, 0.25) is 5.89 Å². The molecule has 0 N–H and O–H groups in total. The molecule has 0 aliphatic rings. The minimum atomic E-state index is -0.114. The van der Waals surface area contributed by atoms with Crippen molar-refractivity contribution in [1.82, 2.24) is 4.98 Å². The van der Waals surface area contributed by atoms with Crippen molar-refractivity contribution in [2.75, 3.05) is 0 Å². The van der Waals surface area contributed by atoms with Crippen LogP contribution < -0.4 is 0 Å². The molecule has 1 aromatic heterocycles. The van der Waals surface area contributed by atoms with Crippen LogP contribution in [0.4, 0.5) is 0 Å². The number of nitrogens with zero attached hydrogens (tertiary/aromatic N) is 1. The molecule has 4 rings (SSSR count). The van der Waals surface area contributed by atoms with E-state index in [1.807, 2.05) is 19.1 Å². The van der Waals surface area contributed by atoms with Gasteiger partial charge >= 0.3 is 0 Å². The second-order valence-corrected chi connectivity index (χ2v) is 6.89. The highest BCUT2D eigenvalue weighted by Gasteiger charge is 2.19. The number of halogens is 2. The molecular weight excluding hydrogens is 369 g/mol. The molecule has 3 aromatic carbocycles. The van der Waals surface area contributed by atoms with E-state index in [1.165, 1.54) is 0 Å². The number of oxazole rings is 1. The Morgan fingerprint density at radius 1 is 0.923 bits per heavy atom. The summed E-state index contributed by atoms with van der Waals surface area (Å²) in [5, 5.41) is 1.17. The Labute approximate surface area is 160 Å². The van der Waals surface area contributed by atoms with E-state index in [-0.39, 0.29) is 5.78 Å². The number of benzene rings is 3. The Morgan fingerprint density at radius 2 is 1.65 bits per heavy atom. The van der Waals surface area contributed by atoms with Gasteiger partial charge in [0.15, 0.2) is 11.4 Å². The summed E-state index contributed by atoms with van der Waals surface area (Å²) in [4.78, 5) is 17.5. The van der Waals surface area contributed by atoms with E-state index in [0.29, 0.717) is 43.7 Å².